The molecule has 0 aliphatic heterocycles. The number of nitrogens with one attached hydrogen (secondary N) is 2. The van der Waals surface area contributed by atoms with Crippen LogP contribution < -0.4 is 10.6 Å². The smallest absolute Gasteiger partial charge is 0.208 e. The van der Waals surface area contributed by atoms with Crippen LogP contribution in [0.3, 0.4) is 0 Å². The number of hydrogen-bond donors (Lipinski definition) is 2. The van der Waals surface area contributed by atoms with Crippen molar-refractivity contribution >= 4 is 12.8 Å². The minimum Gasteiger partial charge on any atom is -0.339 e. The highest BCUT2D eigenvalue weighted by atomic mass is 16.1. The molecule has 0 bridgehead atoms. The molecule has 0 saturated carbocycles. The number of carbonyl (C=O) groups is 2. The van der Waals surface area contributed by atoms with Crippen LogP contribution in [0.1, 0.15) is 12.8 Å². The van der Waals surface area contributed by atoms with Crippen molar-refractivity contribution in [3.8, 4) is 0 Å². The van der Waals surface area contributed by atoms with Crippen molar-refractivity contribution < 1.29 is 9.59 Å². The van der Waals surface area contributed by atoms with E-state index in [0.29, 0.717) is 25.7 Å². The summed E-state index contributed by atoms with van der Waals surface area (Å²) in [5, 5.41) is 4.84. The van der Waals surface area contributed by atoms with Gasteiger partial charge in [0, 0.05) is 0 Å². The molecule has 0 aliphatic rings. The summed E-state index contributed by atoms with van der Waals surface area (Å²) >= 11 is 0. The molecule has 57 valence electrons. The zero-order valence-electron chi connectivity index (χ0n) is 5.67. The van der Waals surface area contributed by atoms with Crippen molar-refractivity contribution in [2.24, 2.45) is 0 Å². The lowest BCUT2D eigenvalue weighted by molar-refractivity contribution is -0.112. The lowest BCUT2D eigenvalue weighted by atomic mass is 10.3. The van der Waals surface area contributed by atoms with Crippen LogP contribution in [-0.2, 0) is 9.59 Å². The summed E-state index contributed by atoms with van der Waals surface area (Å²) in [4.78, 5) is 19.8. The second-order valence-corrected chi connectivity index (χ2v) is 1.76. The first-order valence-electron chi connectivity index (χ1n) is 3.03. The molecule has 0 aromatic heterocycles. The maximum Gasteiger partial charge on any atom is 0.208 e. The first-order valence-corrected chi connectivity index (χ1v) is 3.03. The monoisotopic (exact) mass is 143 g/mol. The molecule has 0 heterocycles. The van der Waals surface area contributed by atoms with Crippen molar-refractivity contribution in [2.45, 2.75) is 19.0 Å². The summed E-state index contributed by atoms with van der Waals surface area (Å²) in [6.07, 6.45) is 2.16. The second kappa shape index (κ2) is 6.07. The molecule has 2 N–H and O–H groups in total. The zero-order chi connectivity index (χ0) is 7.82. The molecular formula is C6H11N2O2. The predicted octanol–water partition coefficient (Wildman–Crippen LogP) is -0.581. The number of rotatable bonds is 6. The van der Waals surface area contributed by atoms with E-state index in [2.05, 4.69) is 17.6 Å². The Hall–Kier alpha value is -1.06. The van der Waals surface area contributed by atoms with Gasteiger partial charge in [-0.05, 0) is 12.8 Å². The molecule has 0 rings (SSSR count). The summed E-state index contributed by atoms with van der Waals surface area (Å²) in [6.45, 7) is 3.58. The van der Waals surface area contributed by atoms with E-state index in [1.165, 1.54) is 0 Å². The molecule has 4 heteroatoms. The highest BCUT2D eigenvalue weighted by Crippen LogP contribution is 1.89. The predicted molar refractivity (Wildman–Crippen MR) is 36.8 cm³/mol. The Kier molecular flexibility index (Phi) is 5.42. The molecule has 2 amide bonds. The molecule has 0 aromatic carbocycles. The van der Waals surface area contributed by atoms with Crippen LogP contribution in [0.15, 0.2) is 0 Å². The second-order valence-electron chi connectivity index (χ2n) is 1.76. The Bertz CT molecular complexity index is 95.9. The van der Waals surface area contributed by atoms with Gasteiger partial charge in [0.05, 0.1) is 0 Å². The highest BCUT2D eigenvalue weighted by Gasteiger charge is 2.01. The van der Waals surface area contributed by atoms with E-state index in [4.69, 9.17) is 0 Å². The van der Waals surface area contributed by atoms with Gasteiger partial charge in [-0.1, -0.05) is 6.92 Å². The van der Waals surface area contributed by atoms with Gasteiger partial charge in [-0.25, -0.2) is 0 Å². The average molecular weight is 143 g/mol. The van der Waals surface area contributed by atoms with Crippen LogP contribution in [-0.4, -0.2) is 19.0 Å². The maximum atomic E-state index is 9.88. The Morgan fingerprint density at radius 3 is 2.10 bits per heavy atom. The summed E-state index contributed by atoms with van der Waals surface area (Å²) in [7, 11) is 0. The molecule has 0 aromatic rings. The quantitative estimate of drug-likeness (QED) is 0.386. The molecule has 1 radical (unpaired) electrons. The Balaban J connectivity index is 3.48. The summed E-state index contributed by atoms with van der Waals surface area (Å²) in [6, 6.07) is 0. The van der Waals surface area contributed by atoms with Gasteiger partial charge in [-0.15, -0.1) is 0 Å². The summed E-state index contributed by atoms with van der Waals surface area (Å²) < 4.78 is 0. The van der Waals surface area contributed by atoms with Crippen LogP contribution in [0.2, 0.25) is 0 Å². The average Bonchev–Trinajstić information content (AvgIpc) is 1.90. The number of carbonyl (C=O) groups excluding carboxylic acids is 2. The van der Waals surface area contributed by atoms with E-state index in [0.717, 1.165) is 0 Å². The molecule has 0 saturated heterocycles. The molecule has 0 fully saturated rings. The Labute approximate surface area is 60.0 Å². The fraction of sp³-hybridized carbons (Fsp3) is 0.500. The van der Waals surface area contributed by atoms with Crippen molar-refractivity contribution in [1.29, 1.82) is 0 Å². The lowest BCUT2D eigenvalue weighted by Gasteiger charge is -2.12. The van der Waals surface area contributed by atoms with Gasteiger partial charge >= 0.3 is 0 Å². The van der Waals surface area contributed by atoms with E-state index in [1.54, 1.807) is 0 Å². The molecule has 10 heavy (non-hydrogen) atoms. The topological polar surface area (TPSA) is 58.2 Å². The van der Waals surface area contributed by atoms with Crippen molar-refractivity contribution in [3.05, 3.63) is 6.92 Å². The minimum absolute atomic E-state index is 0.271. The van der Waals surface area contributed by atoms with Crippen LogP contribution >= 0.6 is 0 Å². The standard InChI is InChI=1S/C6H11N2O2/c1-2-3-6(7-4-9)8-5-10/h4-6H,1-3H2,(H,7,9)(H,8,10). The zero-order valence-corrected chi connectivity index (χ0v) is 5.67. The largest absolute Gasteiger partial charge is 0.339 e. The summed E-state index contributed by atoms with van der Waals surface area (Å²) in [5.41, 5.74) is 0. The van der Waals surface area contributed by atoms with Gasteiger partial charge in [0.2, 0.25) is 12.8 Å². The van der Waals surface area contributed by atoms with Crippen molar-refractivity contribution in [2.75, 3.05) is 0 Å². The highest BCUT2D eigenvalue weighted by molar-refractivity contribution is 5.50. The third kappa shape index (κ3) is 3.88. The maximum absolute atomic E-state index is 9.88. The molecule has 0 spiro atoms. The van der Waals surface area contributed by atoms with Crippen LogP contribution in [0.4, 0.5) is 0 Å². The molecule has 0 atom stereocenters. The van der Waals surface area contributed by atoms with Crippen LogP contribution in [0, 0.1) is 6.92 Å². The first-order chi connectivity index (χ1) is 4.85. The van der Waals surface area contributed by atoms with Gasteiger partial charge in [0.1, 0.15) is 6.17 Å². The molecule has 0 aliphatic carbocycles. The van der Waals surface area contributed by atoms with E-state index < -0.39 is 0 Å². The van der Waals surface area contributed by atoms with Gasteiger partial charge in [0.25, 0.3) is 0 Å². The Morgan fingerprint density at radius 1 is 1.30 bits per heavy atom. The van der Waals surface area contributed by atoms with E-state index in [9.17, 15) is 9.59 Å². The van der Waals surface area contributed by atoms with Crippen molar-refractivity contribution in [1.82, 2.24) is 10.6 Å². The Morgan fingerprint density at radius 2 is 1.80 bits per heavy atom. The SMILES string of the molecule is [CH2]CCC(NC=O)NC=O. The van der Waals surface area contributed by atoms with E-state index in [-0.39, 0.29) is 6.17 Å². The number of hydrogen-bond acceptors (Lipinski definition) is 2. The van der Waals surface area contributed by atoms with Gasteiger partial charge in [0.15, 0.2) is 0 Å². The van der Waals surface area contributed by atoms with Gasteiger partial charge in [-0.3, -0.25) is 9.59 Å². The fourth-order valence-corrected chi connectivity index (χ4v) is 0.583. The van der Waals surface area contributed by atoms with Crippen LogP contribution in [0.25, 0.3) is 0 Å². The third-order valence-corrected chi connectivity index (χ3v) is 1.03. The lowest BCUT2D eigenvalue weighted by Crippen LogP contribution is -2.40. The molecule has 4 nitrogen and oxygen atoms in total. The van der Waals surface area contributed by atoms with Gasteiger partial charge < -0.3 is 10.6 Å². The van der Waals surface area contributed by atoms with Crippen LogP contribution in [0.5, 0.6) is 0 Å². The number of amides is 2. The molecular weight excluding hydrogens is 132 g/mol. The normalized spacial score (nSPS) is 9.00. The fourth-order valence-electron chi connectivity index (χ4n) is 0.583. The van der Waals surface area contributed by atoms with Gasteiger partial charge in [-0.2, -0.15) is 0 Å². The third-order valence-electron chi connectivity index (χ3n) is 1.03. The molecule has 0 unspecified atom stereocenters. The van der Waals surface area contributed by atoms with E-state index >= 15 is 0 Å². The van der Waals surface area contributed by atoms with E-state index in [1.807, 2.05) is 0 Å². The first kappa shape index (κ1) is 8.94. The summed E-state index contributed by atoms with van der Waals surface area (Å²) in [5.74, 6) is 0. The minimum atomic E-state index is -0.271. The van der Waals surface area contributed by atoms with Crippen molar-refractivity contribution in [3.63, 3.8) is 0 Å².